The molecule has 0 saturated heterocycles. The Morgan fingerprint density at radius 3 is 2.80 bits per heavy atom. The lowest BCUT2D eigenvalue weighted by Gasteiger charge is -1.99. The van der Waals surface area contributed by atoms with E-state index in [1.807, 2.05) is 0 Å². The van der Waals surface area contributed by atoms with Crippen LogP contribution in [0.15, 0.2) is 24.3 Å². The molecular formula is C10H13N3O2. The average Bonchev–Trinajstić information content (AvgIpc) is 2.18. The van der Waals surface area contributed by atoms with Crippen LogP contribution in [0.4, 0.5) is 11.4 Å². The maximum Gasteiger partial charge on any atom is 0.276 e. The summed E-state index contributed by atoms with van der Waals surface area (Å²) in [6.45, 7) is 0.520. The fourth-order valence-corrected chi connectivity index (χ4v) is 1.18. The fraction of sp³-hybridized carbons (Fsp3) is 0.200. The Bertz CT molecular complexity index is 388. The van der Waals surface area contributed by atoms with Gasteiger partial charge in [-0.25, -0.2) is 0 Å². The number of nitrogens with zero attached hydrogens (tertiary/aromatic N) is 1. The molecule has 5 nitrogen and oxygen atoms in total. The van der Waals surface area contributed by atoms with Gasteiger partial charge in [-0.05, 0) is 25.1 Å². The normalized spacial score (nSPS) is 10.7. The molecule has 0 radical (unpaired) electrons. The third-order valence-electron chi connectivity index (χ3n) is 1.88. The van der Waals surface area contributed by atoms with E-state index >= 15 is 0 Å². The lowest BCUT2D eigenvalue weighted by molar-refractivity contribution is -0.385. The molecule has 0 aromatic heterocycles. The molecule has 0 aliphatic heterocycles. The Morgan fingerprint density at radius 2 is 2.20 bits per heavy atom. The van der Waals surface area contributed by atoms with Gasteiger partial charge in [0.15, 0.2) is 0 Å². The molecule has 1 aromatic rings. The van der Waals surface area contributed by atoms with Crippen LogP contribution in [0.1, 0.15) is 12.0 Å². The quantitative estimate of drug-likeness (QED) is 0.444. The van der Waals surface area contributed by atoms with E-state index in [1.165, 1.54) is 12.1 Å². The molecule has 1 rings (SSSR count). The van der Waals surface area contributed by atoms with Crippen molar-refractivity contribution in [1.29, 1.82) is 0 Å². The Balaban J connectivity index is 3.02. The molecule has 0 fully saturated rings. The van der Waals surface area contributed by atoms with Crippen LogP contribution >= 0.6 is 0 Å². The first-order valence-corrected chi connectivity index (χ1v) is 4.55. The van der Waals surface area contributed by atoms with Crippen LogP contribution in [0.25, 0.3) is 6.08 Å². The lowest BCUT2D eigenvalue weighted by Crippen LogP contribution is -1.96. The number of nitrogen functional groups attached to an aromatic ring is 1. The highest BCUT2D eigenvalue weighted by molar-refractivity contribution is 5.65. The largest absolute Gasteiger partial charge is 0.399 e. The Hall–Kier alpha value is -1.88. The minimum atomic E-state index is -0.429. The van der Waals surface area contributed by atoms with Crippen LogP contribution in [-0.2, 0) is 0 Å². The first-order valence-electron chi connectivity index (χ1n) is 4.55. The van der Waals surface area contributed by atoms with E-state index in [0.29, 0.717) is 24.2 Å². The molecule has 0 atom stereocenters. The molecule has 4 N–H and O–H groups in total. The Labute approximate surface area is 87.5 Å². The first kappa shape index (κ1) is 11.2. The summed E-state index contributed by atoms with van der Waals surface area (Å²) in [5.74, 6) is 0. The van der Waals surface area contributed by atoms with Gasteiger partial charge in [0, 0.05) is 11.8 Å². The minimum absolute atomic E-state index is 0.0532. The number of anilines is 1. The number of benzene rings is 1. The van der Waals surface area contributed by atoms with Gasteiger partial charge < -0.3 is 11.5 Å². The van der Waals surface area contributed by atoms with Crippen molar-refractivity contribution in [3.8, 4) is 0 Å². The maximum atomic E-state index is 10.7. The molecule has 0 spiro atoms. The van der Waals surface area contributed by atoms with Gasteiger partial charge in [0.25, 0.3) is 5.69 Å². The molecule has 0 unspecified atom stereocenters. The van der Waals surface area contributed by atoms with Crippen LogP contribution in [0.5, 0.6) is 0 Å². The monoisotopic (exact) mass is 207 g/mol. The van der Waals surface area contributed by atoms with E-state index in [-0.39, 0.29) is 5.69 Å². The zero-order valence-electron chi connectivity index (χ0n) is 8.22. The second-order valence-electron chi connectivity index (χ2n) is 3.06. The van der Waals surface area contributed by atoms with Gasteiger partial charge in [0.1, 0.15) is 0 Å². The minimum Gasteiger partial charge on any atom is -0.399 e. The predicted molar refractivity (Wildman–Crippen MR) is 60.2 cm³/mol. The molecule has 80 valence electrons. The van der Waals surface area contributed by atoms with E-state index in [4.69, 9.17) is 11.5 Å². The van der Waals surface area contributed by atoms with Crippen molar-refractivity contribution in [2.24, 2.45) is 5.73 Å². The second-order valence-corrected chi connectivity index (χ2v) is 3.06. The zero-order chi connectivity index (χ0) is 11.3. The molecular weight excluding hydrogens is 194 g/mol. The molecule has 15 heavy (non-hydrogen) atoms. The summed E-state index contributed by atoms with van der Waals surface area (Å²) < 4.78 is 0. The van der Waals surface area contributed by atoms with Crippen molar-refractivity contribution in [2.45, 2.75) is 6.42 Å². The van der Waals surface area contributed by atoms with Crippen molar-refractivity contribution >= 4 is 17.5 Å². The molecule has 5 heteroatoms. The van der Waals surface area contributed by atoms with Crippen molar-refractivity contribution < 1.29 is 4.92 Å². The lowest BCUT2D eigenvalue weighted by atomic mass is 10.1. The third kappa shape index (κ3) is 3.07. The van der Waals surface area contributed by atoms with E-state index in [0.717, 1.165) is 0 Å². The number of rotatable bonds is 4. The van der Waals surface area contributed by atoms with Gasteiger partial charge in [0.05, 0.1) is 10.5 Å². The van der Waals surface area contributed by atoms with Gasteiger partial charge in [-0.1, -0.05) is 12.2 Å². The standard InChI is InChI=1S/C10H13N3O2/c11-6-2-1-3-8-7-9(12)4-5-10(8)13(14)15/h1,3-5,7H,2,6,11-12H2. The number of nitro benzene ring substituents is 1. The first-order chi connectivity index (χ1) is 7.15. The molecule has 0 amide bonds. The van der Waals surface area contributed by atoms with Crippen LogP contribution < -0.4 is 11.5 Å². The van der Waals surface area contributed by atoms with Gasteiger partial charge in [-0.2, -0.15) is 0 Å². The van der Waals surface area contributed by atoms with Crippen molar-refractivity contribution in [3.05, 3.63) is 40.0 Å². The Kier molecular flexibility index (Phi) is 3.82. The van der Waals surface area contributed by atoms with Crippen LogP contribution in [-0.4, -0.2) is 11.5 Å². The van der Waals surface area contributed by atoms with E-state index < -0.39 is 4.92 Å². The van der Waals surface area contributed by atoms with Crippen LogP contribution in [0, 0.1) is 10.1 Å². The number of hydrogen-bond acceptors (Lipinski definition) is 4. The highest BCUT2D eigenvalue weighted by atomic mass is 16.6. The van der Waals surface area contributed by atoms with Gasteiger partial charge >= 0.3 is 0 Å². The third-order valence-corrected chi connectivity index (χ3v) is 1.88. The highest BCUT2D eigenvalue weighted by Crippen LogP contribution is 2.22. The summed E-state index contributed by atoms with van der Waals surface area (Å²) >= 11 is 0. The van der Waals surface area contributed by atoms with E-state index in [1.54, 1.807) is 18.2 Å². The van der Waals surface area contributed by atoms with Gasteiger partial charge in [-0.3, -0.25) is 10.1 Å². The fourth-order valence-electron chi connectivity index (χ4n) is 1.18. The smallest absolute Gasteiger partial charge is 0.276 e. The van der Waals surface area contributed by atoms with Crippen LogP contribution in [0.2, 0.25) is 0 Å². The molecule has 0 saturated carbocycles. The maximum absolute atomic E-state index is 10.7. The van der Waals surface area contributed by atoms with E-state index in [9.17, 15) is 10.1 Å². The summed E-state index contributed by atoms with van der Waals surface area (Å²) in [6, 6.07) is 4.49. The summed E-state index contributed by atoms with van der Waals surface area (Å²) in [5.41, 5.74) is 11.9. The second kappa shape index (κ2) is 5.11. The topological polar surface area (TPSA) is 95.2 Å². The number of hydrogen-bond donors (Lipinski definition) is 2. The Morgan fingerprint density at radius 1 is 1.47 bits per heavy atom. The molecule has 0 heterocycles. The van der Waals surface area contributed by atoms with Crippen molar-refractivity contribution in [3.63, 3.8) is 0 Å². The molecule has 0 aliphatic carbocycles. The highest BCUT2D eigenvalue weighted by Gasteiger charge is 2.10. The zero-order valence-corrected chi connectivity index (χ0v) is 8.22. The molecule has 1 aromatic carbocycles. The number of nitrogens with two attached hydrogens (primary N) is 2. The number of nitro groups is 1. The van der Waals surface area contributed by atoms with Crippen molar-refractivity contribution in [2.75, 3.05) is 12.3 Å². The molecule has 0 bridgehead atoms. The van der Waals surface area contributed by atoms with Crippen molar-refractivity contribution in [1.82, 2.24) is 0 Å². The predicted octanol–water partition coefficient (Wildman–Crippen LogP) is 1.54. The van der Waals surface area contributed by atoms with Crippen LogP contribution in [0.3, 0.4) is 0 Å². The summed E-state index contributed by atoms with van der Waals surface area (Å²) in [4.78, 5) is 10.2. The molecule has 0 aliphatic rings. The van der Waals surface area contributed by atoms with Gasteiger partial charge in [-0.15, -0.1) is 0 Å². The van der Waals surface area contributed by atoms with Gasteiger partial charge in [0.2, 0.25) is 0 Å². The summed E-state index contributed by atoms with van der Waals surface area (Å²) in [6.07, 6.45) is 4.15. The average molecular weight is 207 g/mol. The summed E-state index contributed by atoms with van der Waals surface area (Å²) in [5, 5.41) is 10.7. The summed E-state index contributed by atoms with van der Waals surface area (Å²) in [7, 11) is 0. The van der Waals surface area contributed by atoms with E-state index in [2.05, 4.69) is 0 Å². The SMILES string of the molecule is NCCC=Cc1cc(N)ccc1[N+](=O)[O-].